The van der Waals surface area contributed by atoms with E-state index in [1.54, 1.807) is 11.0 Å². The highest BCUT2D eigenvalue weighted by Crippen LogP contribution is 2.17. The maximum Gasteiger partial charge on any atom is 0.257 e. The number of nitrogens with zero attached hydrogens (tertiary/aromatic N) is 3. The van der Waals surface area contributed by atoms with E-state index in [4.69, 9.17) is 5.73 Å². The van der Waals surface area contributed by atoms with E-state index in [1.807, 2.05) is 0 Å². The maximum atomic E-state index is 12.4. The Kier molecular flexibility index (Phi) is 5.31. The van der Waals surface area contributed by atoms with Crippen molar-refractivity contribution in [3.63, 3.8) is 0 Å². The summed E-state index contributed by atoms with van der Waals surface area (Å²) in [5, 5.41) is 9.72. The molecular weight excluding hydrogens is 256 g/mol. The van der Waals surface area contributed by atoms with Crippen molar-refractivity contribution < 1.29 is 9.90 Å². The molecule has 20 heavy (non-hydrogen) atoms. The summed E-state index contributed by atoms with van der Waals surface area (Å²) >= 11 is 0. The van der Waals surface area contributed by atoms with Crippen molar-refractivity contribution in [3.05, 3.63) is 24.0 Å². The fraction of sp³-hybridized carbons (Fsp3) is 0.571. The van der Waals surface area contributed by atoms with Crippen LogP contribution in [0.15, 0.2) is 18.5 Å². The summed E-state index contributed by atoms with van der Waals surface area (Å²) in [5.41, 5.74) is 5.86. The first kappa shape index (κ1) is 14.7. The van der Waals surface area contributed by atoms with Crippen LogP contribution in [0.5, 0.6) is 5.75 Å². The minimum atomic E-state index is -0.120. The molecule has 1 amide bonds. The number of rotatable bonds is 4. The van der Waals surface area contributed by atoms with Crippen LogP contribution in [0.2, 0.25) is 0 Å². The molecule has 2 rings (SSSR count). The van der Waals surface area contributed by atoms with Gasteiger partial charge in [0.15, 0.2) is 0 Å². The summed E-state index contributed by atoms with van der Waals surface area (Å²) in [5.74, 6) is -0.174. The molecule has 0 atom stereocenters. The first-order chi connectivity index (χ1) is 9.72. The quantitative estimate of drug-likeness (QED) is 0.827. The lowest BCUT2D eigenvalue weighted by Crippen LogP contribution is -2.35. The molecule has 1 aliphatic rings. The molecule has 0 radical (unpaired) electrons. The van der Waals surface area contributed by atoms with Gasteiger partial charge in [-0.1, -0.05) is 0 Å². The molecule has 2 heterocycles. The highest BCUT2D eigenvalue weighted by molar-refractivity contribution is 5.96. The molecule has 1 saturated heterocycles. The average Bonchev–Trinajstić information content (AvgIpc) is 2.70. The molecule has 0 aromatic carbocycles. The van der Waals surface area contributed by atoms with Gasteiger partial charge in [-0.25, -0.2) is 0 Å². The van der Waals surface area contributed by atoms with Gasteiger partial charge in [0.1, 0.15) is 5.75 Å². The molecule has 0 aliphatic carbocycles. The Bertz CT molecular complexity index is 453. The number of carbonyl (C=O) groups is 1. The Hall–Kier alpha value is -1.66. The molecule has 0 saturated carbocycles. The van der Waals surface area contributed by atoms with Crippen molar-refractivity contribution in [2.24, 2.45) is 5.73 Å². The number of pyridine rings is 1. The van der Waals surface area contributed by atoms with Crippen LogP contribution >= 0.6 is 0 Å². The highest BCUT2D eigenvalue weighted by atomic mass is 16.3. The number of hydrogen-bond donors (Lipinski definition) is 2. The second-order valence-electron chi connectivity index (χ2n) is 5.02. The predicted octanol–water partition coefficient (Wildman–Crippen LogP) is 0.284. The zero-order valence-corrected chi connectivity index (χ0v) is 11.7. The summed E-state index contributed by atoms with van der Waals surface area (Å²) in [7, 11) is 0. The lowest BCUT2D eigenvalue weighted by atomic mass is 10.2. The van der Waals surface area contributed by atoms with E-state index in [1.165, 1.54) is 12.4 Å². The molecule has 1 aromatic rings. The zero-order valence-electron chi connectivity index (χ0n) is 11.7. The SMILES string of the molecule is NCCCN1CCCN(C(=O)c2ccncc2O)CC1. The molecule has 1 aliphatic heterocycles. The van der Waals surface area contributed by atoms with Crippen LogP contribution in [0.3, 0.4) is 0 Å². The molecule has 0 bridgehead atoms. The summed E-state index contributed by atoms with van der Waals surface area (Å²) in [6.45, 7) is 4.94. The Morgan fingerprint density at radius 2 is 2.20 bits per heavy atom. The number of nitrogens with two attached hydrogens (primary N) is 1. The minimum Gasteiger partial charge on any atom is -0.505 e. The third-order valence-corrected chi connectivity index (χ3v) is 3.58. The number of aromatic nitrogens is 1. The molecule has 110 valence electrons. The van der Waals surface area contributed by atoms with Gasteiger partial charge in [0, 0.05) is 25.8 Å². The van der Waals surface area contributed by atoms with E-state index < -0.39 is 0 Å². The lowest BCUT2D eigenvalue weighted by molar-refractivity contribution is 0.0758. The van der Waals surface area contributed by atoms with Crippen LogP contribution < -0.4 is 5.73 Å². The normalized spacial score (nSPS) is 16.9. The number of carbonyl (C=O) groups excluding carboxylic acids is 1. The molecule has 1 aromatic heterocycles. The van der Waals surface area contributed by atoms with Gasteiger partial charge < -0.3 is 20.6 Å². The van der Waals surface area contributed by atoms with Crippen LogP contribution in [-0.4, -0.2) is 65.1 Å². The van der Waals surface area contributed by atoms with E-state index >= 15 is 0 Å². The lowest BCUT2D eigenvalue weighted by Gasteiger charge is -2.22. The fourth-order valence-corrected chi connectivity index (χ4v) is 2.45. The Labute approximate surface area is 119 Å². The molecule has 6 heteroatoms. The van der Waals surface area contributed by atoms with E-state index in [0.717, 1.165) is 39.0 Å². The van der Waals surface area contributed by atoms with E-state index in [2.05, 4.69) is 9.88 Å². The van der Waals surface area contributed by atoms with Gasteiger partial charge in [-0.3, -0.25) is 9.78 Å². The Balaban J connectivity index is 1.96. The molecular formula is C14H22N4O2. The van der Waals surface area contributed by atoms with E-state index in [0.29, 0.717) is 18.7 Å². The van der Waals surface area contributed by atoms with Crippen LogP contribution in [-0.2, 0) is 0 Å². The third-order valence-electron chi connectivity index (χ3n) is 3.58. The van der Waals surface area contributed by atoms with E-state index in [-0.39, 0.29) is 11.7 Å². The van der Waals surface area contributed by atoms with Gasteiger partial charge in [0.05, 0.1) is 11.8 Å². The van der Waals surface area contributed by atoms with Crippen molar-refractivity contribution in [1.82, 2.24) is 14.8 Å². The predicted molar refractivity (Wildman–Crippen MR) is 76.5 cm³/mol. The standard InChI is InChI=1S/C14H22N4O2/c15-4-1-6-17-7-2-8-18(10-9-17)14(20)12-3-5-16-11-13(12)19/h3,5,11,19H,1-2,4,6-10,15H2. The summed E-state index contributed by atoms with van der Waals surface area (Å²) in [4.78, 5) is 20.3. The second kappa shape index (κ2) is 7.21. The van der Waals surface area contributed by atoms with Crippen molar-refractivity contribution in [2.45, 2.75) is 12.8 Å². The van der Waals surface area contributed by atoms with Gasteiger partial charge in [0.2, 0.25) is 0 Å². The molecule has 0 unspecified atom stereocenters. The smallest absolute Gasteiger partial charge is 0.257 e. The molecule has 3 N–H and O–H groups in total. The Morgan fingerprint density at radius 3 is 2.95 bits per heavy atom. The van der Waals surface area contributed by atoms with Gasteiger partial charge >= 0.3 is 0 Å². The molecule has 0 spiro atoms. The second-order valence-corrected chi connectivity index (χ2v) is 5.02. The van der Waals surface area contributed by atoms with Gasteiger partial charge in [-0.05, 0) is 38.5 Å². The summed E-state index contributed by atoms with van der Waals surface area (Å²) < 4.78 is 0. The number of hydrogen-bond acceptors (Lipinski definition) is 5. The van der Waals surface area contributed by atoms with Gasteiger partial charge in [-0.2, -0.15) is 0 Å². The zero-order chi connectivity index (χ0) is 14.4. The number of amides is 1. The maximum absolute atomic E-state index is 12.4. The minimum absolute atomic E-state index is 0.0539. The first-order valence-corrected chi connectivity index (χ1v) is 7.07. The van der Waals surface area contributed by atoms with Crippen molar-refractivity contribution in [3.8, 4) is 5.75 Å². The number of aromatic hydroxyl groups is 1. The third kappa shape index (κ3) is 3.68. The highest BCUT2D eigenvalue weighted by Gasteiger charge is 2.21. The monoisotopic (exact) mass is 278 g/mol. The van der Waals surface area contributed by atoms with Crippen LogP contribution in [0.25, 0.3) is 0 Å². The van der Waals surface area contributed by atoms with Gasteiger partial charge in [0.25, 0.3) is 5.91 Å². The van der Waals surface area contributed by atoms with E-state index in [9.17, 15) is 9.90 Å². The fourth-order valence-electron chi connectivity index (χ4n) is 2.45. The Morgan fingerprint density at radius 1 is 1.35 bits per heavy atom. The largest absolute Gasteiger partial charge is 0.505 e. The molecule has 1 fully saturated rings. The van der Waals surface area contributed by atoms with Crippen molar-refractivity contribution >= 4 is 5.91 Å². The van der Waals surface area contributed by atoms with Crippen molar-refractivity contribution in [2.75, 3.05) is 39.3 Å². The topological polar surface area (TPSA) is 82.7 Å². The van der Waals surface area contributed by atoms with Crippen molar-refractivity contribution in [1.29, 1.82) is 0 Å². The average molecular weight is 278 g/mol. The van der Waals surface area contributed by atoms with Crippen LogP contribution in [0.1, 0.15) is 23.2 Å². The van der Waals surface area contributed by atoms with Crippen LogP contribution in [0, 0.1) is 0 Å². The van der Waals surface area contributed by atoms with Gasteiger partial charge in [-0.15, -0.1) is 0 Å². The summed E-state index contributed by atoms with van der Waals surface area (Å²) in [6.07, 6.45) is 4.76. The molecule has 6 nitrogen and oxygen atoms in total. The first-order valence-electron chi connectivity index (χ1n) is 7.07. The van der Waals surface area contributed by atoms with Crippen LogP contribution in [0.4, 0.5) is 0 Å². The summed E-state index contributed by atoms with van der Waals surface area (Å²) in [6, 6.07) is 1.56.